The van der Waals surface area contributed by atoms with E-state index in [0.29, 0.717) is 6.04 Å². The van der Waals surface area contributed by atoms with Crippen molar-refractivity contribution in [1.82, 2.24) is 10.2 Å². The summed E-state index contributed by atoms with van der Waals surface area (Å²) in [5, 5.41) is 3.55. The van der Waals surface area contributed by atoms with E-state index in [1.54, 1.807) is 0 Å². The van der Waals surface area contributed by atoms with E-state index in [2.05, 4.69) is 57.1 Å². The second kappa shape index (κ2) is 7.42. The van der Waals surface area contributed by atoms with E-state index in [9.17, 15) is 0 Å². The topological polar surface area (TPSA) is 15.3 Å². The average molecular weight is 288 g/mol. The molecule has 1 fully saturated rings. The molecule has 1 N–H and O–H groups in total. The van der Waals surface area contributed by atoms with Gasteiger partial charge in [0.1, 0.15) is 0 Å². The lowest BCUT2D eigenvalue weighted by Gasteiger charge is -2.34. The zero-order valence-electron chi connectivity index (χ0n) is 14.5. The van der Waals surface area contributed by atoms with Crippen LogP contribution in [-0.4, -0.2) is 31.6 Å². The number of hydrogen-bond donors (Lipinski definition) is 1. The molecule has 0 saturated heterocycles. The molecule has 1 unspecified atom stereocenters. The van der Waals surface area contributed by atoms with Crippen LogP contribution in [0.1, 0.15) is 54.5 Å². The summed E-state index contributed by atoms with van der Waals surface area (Å²) in [5.41, 5.74) is 5.71. The first-order chi connectivity index (χ1) is 10.0. The Kier molecular flexibility index (Phi) is 5.83. The van der Waals surface area contributed by atoms with Crippen molar-refractivity contribution in [2.75, 3.05) is 26.7 Å². The molecular formula is C19H32N2. The monoisotopic (exact) mass is 288 g/mol. The van der Waals surface area contributed by atoms with Crippen molar-refractivity contribution in [3.8, 4) is 0 Å². The Bertz CT molecular complexity index is 440. The normalized spacial score (nSPS) is 17.0. The van der Waals surface area contributed by atoms with E-state index in [1.807, 2.05) is 0 Å². The maximum atomic E-state index is 3.55. The molecular weight excluding hydrogens is 256 g/mol. The van der Waals surface area contributed by atoms with Gasteiger partial charge in [-0.1, -0.05) is 31.0 Å². The smallest absolute Gasteiger partial charge is 0.0452 e. The second-order valence-corrected chi connectivity index (χ2v) is 6.80. The molecule has 1 saturated carbocycles. The Morgan fingerprint density at radius 2 is 1.81 bits per heavy atom. The molecule has 118 valence electrons. The molecule has 0 heterocycles. The van der Waals surface area contributed by atoms with Gasteiger partial charge in [0.2, 0.25) is 0 Å². The summed E-state index contributed by atoms with van der Waals surface area (Å²) >= 11 is 0. The Hall–Kier alpha value is -0.860. The third kappa shape index (κ3) is 4.08. The fourth-order valence-corrected chi connectivity index (χ4v) is 3.70. The number of aryl methyl sites for hydroxylation is 3. The van der Waals surface area contributed by atoms with Gasteiger partial charge in [-0.15, -0.1) is 0 Å². The van der Waals surface area contributed by atoms with Crippen LogP contribution in [0.4, 0.5) is 0 Å². The van der Waals surface area contributed by atoms with Crippen LogP contribution in [-0.2, 0) is 0 Å². The van der Waals surface area contributed by atoms with Gasteiger partial charge in [-0.05, 0) is 69.8 Å². The molecule has 0 spiro atoms. The highest BCUT2D eigenvalue weighted by molar-refractivity contribution is 5.39. The number of benzene rings is 1. The predicted octanol–water partition coefficient (Wildman–Crippen LogP) is 3.99. The second-order valence-electron chi connectivity index (χ2n) is 6.80. The number of hydrogen-bond acceptors (Lipinski definition) is 2. The molecule has 1 aliphatic rings. The van der Waals surface area contributed by atoms with E-state index in [1.165, 1.54) is 48.1 Å². The van der Waals surface area contributed by atoms with E-state index in [0.717, 1.165) is 19.0 Å². The maximum Gasteiger partial charge on any atom is 0.0452 e. The molecule has 0 radical (unpaired) electrons. The molecule has 1 aromatic carbocycles. The van der Waals surface area contributed by atoms with Crippen LogP contribution in [0.5, 0.6) is 0 Å². The molecule has 21 heavy (non-hydrogen) atoms. The van der Waals surface area contributed by atoms with Gasteiger partial charge in [-0.2, -0.15) is 0 Å². The molecule has 0 aliphatic heterocycles. The molecule has 2 heteroatoms. The van der Waals surface area contributed by atoms with Crippen molar-refractivity contribution in [2.24, 2.45) is 5.92 Å². The van der Waals surface area contributed by atoms with Crippen LogP contribution >= 0.6 is 0 Å². The van der Waals surface area contributed by atoms with Crippen molar-refractivity contribution in [3.63, 3.8) is 0 Å². The van der Waals surface area contributed by atoms with Gasteiger partial charge in [0.05, 0.1) is 0 Å². The number of likely N-dealkylation sites (N-methyl/N-ethyl adjacent to an activating group) is 2. The van der Waals surface area contributed by atoms with Gasteiger partial charge in [0, 0.05) is 19.1 Å². The minimum Gasteiger partial charge on any atom is -0.312 e. The first-order valence-electron chi connectivity index (χ1n) is 8.52. The minimum atomic E-state index is 0.436. The third-order valence-corrected chi connectivity index (χ3v) is 5.06. The van der Waals surface area contributed by atoms with Gasteiger partial charge >= 0.3 is 0 Å². The largest absolute Gasteiger partial charge is 0.312 e. The van der Waals surface area contributed by atoms with Crippen molar-refractivity contribution in [3.05, 3.63) is 34.4 Å². The lowest BCUT2D eigenvalue weighted by Crippen LogP contribution is -2.38. The standard InChI is InChI=1S/C19H32N2/c1-6-21(12-17-8-7-9-17)13-18(20-5)19-15(3)10-14(2)11-16(19)4/h10-11,17-18,20H,6-9,12-13H2,1-5H3. The van der Waals surface area contributed by atoms with Gasteiger partial charge in [0.15, 0.2) is 0 Å². The van der Waals surface area contributed by atoms with Gasteiger partial charge in [0.25, 0.3) is 0 Å². The third-order valence-electron chi connectivity index (χ3n) is 5.06. The quantitative estimate of drug-likeness (QED) is 0.816. The lowest BCUT2D eigenvalue weighted by atomic mass is 9.85. The Balaban J connectivity index is 2.11. The summed E-state index contributed by atoms with van der Waals surface area (Å²) < 4.78 is 0. The number of nitrogens with one attached hydrogen (secondary N) is 1. The van der Waals surface area contributed by atoms with Crippen LogP contribution in [0, 0.1) is 26.7 Å². The SMILES string of the molecule is CCN(CC1CCC1)CC(NC)c1c(C)cc(C)cc1C. The molecule has 0 bridgehead atoms. The van der Waals surface area contributed by atoms with Gasteiger partial charge < -0.3 is 10.2 Å². The molecule has 1 aromatic rings. The van der Waals surface area contributed by atoms with E-state index in [4.69, 9.17) is 0 Å². The van der Waals surface area contributed by atoms with E-state index in [-0.39, 0.29) is 0 Å². The minimum absolute atomic E-state index is 0.436. The van der Waals surface area contributed by atoms with Crippen LogP contribution in [0.25, 0.3) is 0 Å². The fourth-order valence-electron chi connectivity index (χ4n) is 3.70. The maximum absolute atomic E-state index is 3.55. The van der Waals surface area contributed by atoms with Crippen molar-refractivity contribution in [2.45, 2.75) is 53.0 Å². The summed E-state index contributed by atoms with van der Waals surface area (Å²) in [4.78, 5) is 2.63. The van der Waals surface area contributed by atoms with E-state index >= 15 is 0 Å². The molecule has 1 atom stereocenters. The molecule has 1 aliphatic carbocycles. The molecule has 0 aromatic heterocycles. The Morgan fingerprint density at radius 3 is 2.24 bits per heavy atom. The van der Waals surface area contributed by atoms with Crippen molar-refractivity contribution in [1.29, 1.82) is 0 Å². The van der Waals surface area contributed by atoms with Crippen LogP contribution in [0.3, 0.4) is 0 Å². The first kappa shape index (κ1) is 16.5. The molecule has 0 amide bonds. The highest BCUT2D eigenvalue weighted by Crippen LogP contribution is 2.29. The summed E-state index contributed by atoms with van der Waals surface area (Å²) in [6, 6.07) is 5.06. The number of nitrogens with zero attached hydrogens (tertiary/aromatic N) is 1. The highest BCUT2D eigenvalue weighted by Gasteiger charge is 2.23. The Morgan fingerprint density at radius 1 is 1.19 bits per heavy atom. The Labute approximate surface area is 130 Å². The van der Waals surface area contributed by atoms with Crippen molar-refractivity contribution >= 4 is 0 Å². The average Bonchev–Trinajstić information content (AvgIpc) is 2.38. The summed E-state index contributed by atoms with van der Waals surface area (Å²) in [5.74, 6) is 0.947. The first-order valence-corrected chi connectivity index (χ1v) is 8.52. The predicted molar refractivity (Wildman–Crippen MR) is 91.9 cm³/mol. The van der Waals surface area contributed by atoms with Crippen LogP contribution < -0.4 is 5.32 Å². The fraction of sp³-hybridized carbons (Fsp3) is 0.684. The zero-order chi connectivity index (χ0) is 15.4. The summed E-state index contributed by atoms with van der Waals surface area (Å²) in [7, 11) is 2.10. The highest BCUT2D eigenvalue weighted by atomic mass is 15.1. The van der Waals surface area contributed by atoms with Crippen molar-refractivity contribution < 1.29 is 0 Å². The van der Waals surface area contributed by atoms with Gasteiger partial charge in [-0.25, -0.2) is 0 Å². The van der Waals surface area contributed by atoms with Gasteiger partial charge in [-0.3, -0.25) is 0 Å². The molecule has 2 nitrogen and oxygen atoms in total. The zero-order valence-corrected chi connectivity index (χ0v) is 14.5. The van der Waals surface area contributed by atoms with Crippen LogP contribution in [0.2, 0.25) is 0 Å². The lowest BCUT2D eigenvalue weighted by molar-refractivity contribution is 0.171. The van der Waals surface area contributed by atoms with E-state index < -0.39 is 0 Å². The molecule has 2 rings (SSSR count). The van der Waals surface area contributed by atoms with Crippen LogP contribution in [0.15, 0.2) is 12.1 Å². The number of rotatable bonds is 7. The summed E-state index contributed by atoms with van der Waals surface area (Å²) in [6.07, 6.45) is 4.31. The summed E-state index contributed by atoms with van der Waals surface area (Å²) in [6.45, 7) is 12.5.